The van der Waals surface area contributed by atoms with E-state index in [-0.39, 0.29) is 11.0 Å². The summed E-state index contributed by atoms with van der Waals surface area (Å²) in [6, 6.07) is 5.11. The summed E-state index contributed by atoms with van der Waals surface area (Å²) in [7, 11) is 3.07. The number of pyridine rings is 1. The highest BCUT2D eigenvalue weighted by Crippen LogP contribution is 2.20. The number of nitrogens with one attached hydrogen (secondary N) is 2. The lowest BCUT2D eigenvalue weighted by molar-refractivity contribution is 0.0936. The summed E-state index contributed by atoms with van der Waals surface area (Å²) in [5, 5.41) is 3.04. The van der Waals surface area contributed by atoms with Gasteiger partial charge in [0, 0.05) is 19.9 Å². The molecule has 0 aliphatic heterocycles. The first-order valence-electron chi connectivity index (χ1n) is 6.14. The summed E-state index contributed by atoms with van der Waals surface area (Å²) in [4.78, 5) is 27.2. The molecule has 2 aromatic rings. The van der Waals surface area contributed by atoms with Gasteiger partial charge in [-0.3, -0.25) is 9.59 Å². The number of H-pyrrole nitrogens is 1. The second-order valence-corrected chi connectivity index (χ2v) is 4.16. The summed E-state index contributed by atoms with van der Waals surface area (Å²) >= 11 is 0. The first-order chi connectivity index (χ1) is 9.69. The Labute approximate surface area is 115 Å². The third-order valence-corrected chi connectivity index (χ3v) is 2.93. The van der Waals surface area contributed by atoms with E-state index >= 15 is 0 Å². The predicted molar refractivity (Wildman–Crippen MR) is 75.3 cm³/mol. The van der Waals surface area contributed by atoms with Crippen molar-refractivity contribution >= 4 is 16.8 Å². The molecule has 1 aromatic carbocycles. The van der Waals surface area contributed by atoms with Gasteiger partial charge in [-0.15, -0.1) is 0 Å². The lowest BCUT2D eigenvalue weighted by atomic mass is 10.1. The summed E-state index contributed by atoms with van der Waals surface area (Å²) in [5.74, 6) is 0.138. The molecule has 0 bridgehead atoms. The molecule has 6 nitrogen and oxygen atoms in total. The molecular formula is C14H16N2O4. The SMILES string of the molecule is COCCNC(=O)c1c[nH]c2c(OC)cccc2c1=O. The van der Waals surface area contributed by atoms with Crippen molar-refractivity contribution in [2.45, 2.75) is 0 Å². The highest BCUT2D eigenvalue weighted by molar-refractivity contribution is 5.97. The van der Waals surface area contributed by atoms with Gasteiger partial charge in [-0.25, -0.2) is 0 Å². The zero-order chi connectivity index (χ0) is 14.5. The molecule has 6 heteroatoms. The monoisotopic (exact) mass is 276 g/mol. The molecule has 0 saturated heterocycles. The van der Waals surface area contributed by atoms with Crippen LogP contribution in [0.15, 0.2) is 29.2 Å². The van der Waals surface area contributed by atoms with Gasteiger partial charge in [0.2, 0.25) is 5.43 Å². The van der Waals surface area contributed by atoms with Crippen LogP contribution in [0.25, 0.3) is 10.9 Å². The minimum Gasteiger partial charge on any atom is -0.495 e. The predicted octanol–water partition coefficient (Wildman–Crippen LogP) is 0.913. The van der Waals surface area contributed by atoms with Gasteiger partial charge in [0.05, 0.1) is 24.6 Å². The average molecular weight is 276 g/mol. The van der Waals surface area contributed by atoms with E-state index in [0.29, 0.717) is 29.8 Å². The van der Waals surface area contributed by atoms with Gasteiger partial charge in [0.1, 0.15) is 11.3 Å². The summed E-state index contributed by atoms with van der Waals surface area (Å²) in [5.41, 5.74) is 0.322. The average Bonchev–Trinajstić information content (AvgIpc) is 2.47. The maximum atomic E-state index is 12.3. The van der Waals surface area contributed by atoms with Gasteiger partial charge < -0.3 is 19.8 Å². The molecule has 1 aromatic heterocycles. The molecule has 0 saturated carbocycles. The molecule has 0 aliphatic rings. The van der Waals surface area contributed by atoms with Crippen LogP contribution in [0.4, 0.5) is 0 Å². The van der Waals surface area contributed by atoms with Crippen LogP contribution < -0.4 is 15.5 Å². The van der Waals surface area contributed by atoms with Gasteiger partial charge in [0.15, 0.2) is 0 Å². The Morgan fingerprint density at radius 2 is 2.15 bits per heavy atom. The quantitative estimate of drug-likeness (QED) is 0.796. The number of ether oxygens (including phenoxy) is 2. The van der Waals surface area contributed by atoms with Gasteiger partial charge in [-0.1, -0.05) is 6.07 Å². The second kappa shape index (κ2) is 6.21. The van der Waals surface area contributed by atoms with E-state index in [1.54, 1.807) is 25.3 Å². The van der Waals surface area contributed by atoms with Crippen LogP contribution in [0.5, 0.6) is 5.75 Å². The van der Waals surface area contributed by atoms with Crippen molar-refractivity contribution < 1.29 is 14.3 Å². The number of para-hydroxylation sites is 1. The number of fused-ring (bicyclic) bond motifs is 1. The van der Waals surface area contributed by atoms with Crippen molar-refractivity contribution in [1.29, 1.82) is 0 Å². The van der Waals surface area contributed by atoms with Crippen molar-refractivity contribution in [1.82, 2.24) is 10.3 Å². The number of methoxy groups -OCH3 is 2. The Kier molecular flexibility index (Phi) is 4.37. The lowest BCUT2D eigenvalue weighted by Crippen LogP contribution is -2.31. The molecule has 106 valence electrons. The fourth-order valence-electron chi connectivity index (χ4n) is 1.92. The fourth-order valence-corrected chi connectivity index (χ4v) is 1.92. The largest absolute Gasteiger partial charge is 0.495 e. The summed E-state index contributed by atoms with van der Waals surface area (Å²) in [6.07, 6.45) is 1.40. The van der Waals surface area contributed by atoms with Crippen molar-refractivity contribution in [2.24, 2.45) is 0 Å². The van der Waals surface area contributed by atoms with Gasteiger partial charge in [-0.2, -0.15) is 0 Å². The summed E-state index contributed by atoms with van der Waals surface area (Å²) < 4.78 is 10.0. The van der Waals surface area contributed by atoms with Crippen LogP contribution in [0, 0.1) is 0 Å². The molecule has 2 N–H and O–H groups in total. The zero-order valence-electron chi connectivity index (χ0n) is 11.4. The van der Waals surface area contributed by atoms with Crippen LogP contribution >= 0.6 is 0 Å². The number of carbonyl (C=O) groups excluding carboxylic acids is 1. The van der Waals surface area contributed by atoms with Crippen molar-refractivity contribution in [3.8, 4) is 5.75 Å². The molecule has 0 spiro atoms. The Bertz CT molecular complexity index is 678. The number of amides is 1. The van der Waals surface area contributed by atoms with E-state index in [1.807, 2.05) is 0 Å². The van der Waals surface area contributed by atoms with Gasteiger partial charge >= 0.3 is 0 Å². The van der Waals surface area contributed by atoms with E-state index in [1.165, 1.54) is 13.3 Å². The normalized spacial score (nSPS) is 10.5. The van der Waals surface area contributed by atoms with E-state index in [4.69, 9.17) is 9.47 Å². The van der Waals surface area contributed by atoms with Crippen LogP contribution in [0.1, 0.15) is 10.4 Å². The minimum atomic E-state index is -0.423. The van der Waals surface area contributed by atoms with Crippen molar-refractivity contribution in [3.05, 3.63) is 40.2 Å². The lowest BCUT2D eigenvalue weighted by Gasteiger charge is -2.07. The molecular weight excluding hydrogens is 260 g/mol. The molecule has 0 unspecified atom stereocenters. The Balaban J connectivity index is 2.40. The standard InChI is InChI=1S/C14H16N2O4/c1-19-7-6-15-14(18)10-8-16-12-9(13(10)17)4-3-5-11(12)20-2/h3-5,8H,6-7H2,1-2H3,(H,15,18)(H,16,17). The number of aromatic amines is 1. The zero-order valence-corrected chi connectivity index (χ0v) is 11.4. The first kappa shape index (κ1) is 14.1. The fraction of sp³-hybridized carbons (Fsp3) is 0.286. The van der Waals surface area contributed by atoms with Crippen LogP contribution in [-0.2, 0) is 4.74 Å². The molecule has 2 rings (SSSR count). The number of carbonyl (C=O) groups is 1. The van der Waals surface area contributed by atoms with Crippen LogP contribution in [0.2, 0.25) is 0 Å². The van der Waals surface area contributed by atoms with E-state index < -0.39 is 5.91 Å². The minimum absolute atomic E-state index is 0.0712. The van der Waals surface area contributed by atoms with E-state index in [9.17, 15) is 9.59 Å². The molecule has 1 heterocycles. The van der Waals surface area contributed by atoms with Crippen LogP contribution in [-0.4, -0.2) is 38.3 Å². The van der Waals surface area contributed by atoms with Gasteiger partial charge in [-0.05, 0) is 12.1 Å². The maximum Gasteiger partial charge on any atom is 0.256 e. The van der Waals surface area contributed by atoms with Crippen LogP contribution in [0.3, 0.4) is 0 Å². The number of rotatable bonds is 5. The number of hydrogen-bond donors (Lipinski definition) is 2. The van der Waals surface area contributed by atoms with E-state index in [0.717, 1.165) is 0 Å². The highest BCUT2D eigenvalue weighted by atomic mass is 16.5. The van der Waals surface area contributed by atoms with Crippen molar-refractivity contribution in [3.63, 3.8) is 0 Å². The molecule has 1 amide bonds. The highest BCUT2D eigenvalue weighted by Gasteiger charge is 2.14. The number of hydrogen-bond acceptors (Lipinski definition) is 4. The summed E-state index contributed by atoms with van der Waals surface area (Å²) in [6.45, 7) is 0.746. The van der Waals surface area contributed by atoms with Crippen molar-refractivity contribution in [2.75, 3.05) is 27.4 Å². The maximum absolute atomic E-state index is 12.3. The Hall–Kier alpha value is -2.34. The number of benzene rings is 1. The third kappa shape index (κ3) is 2.65. The molecule has 20 heavy (non-hydrogen) atoms. The second-order valence-electron chi connectivity index (χ2n) is 4.16. The Morgan fingerprint density at radius 3 is 2.85 bits per heavy atom. The van der Waals surface area contributed by atoms with E-state index in [2.05, 4.69) is 10.3 Å². The van der Waals surface area contributed by atoms with Gasteiger partial charge in [0.25, 0.3) is 5.91 Å². The molecule has 0 aliphatic carbocycles. The first-order valence-corrected chi connectivity index (χ1v) is 6.14. The topological polar surface area (TPSA) is 80.4 Å². The molecule has 0 fully saturated rings. The molecule has 0 radical (unpaired) electrons. The number of aromatic nitrogens is 1. The molecule has 0 atom stereocenters. The third-order valence-electron chi connectivity index (χ3n) is 2.93. The Morgan fingerprint density at radius 1 is 1.35 bits per heavy atom. The smallest absolute Gasteiger partial charge is 0.256 e.